The monoisotopic (exact) mass is 298 g/mol. The first kappa shape index (κ1) is 14.2. The van der Waals surface area contributed by atoms with Crippen molar-refractivity contribution in [1.29, 1.82) is 0 Å². The Morgan fingerprint density at radius 1 is 1.36 bits per heavy atom. The lowest BCUT2D eigenvalue weighted by Crippen LogP contribution is -2.34. The Morgan fingerprint density at radius 2 is 2.14 bits per heavy atom. The molecule has 0 aliphatic heterocycles. The van der Waals surface area contributed by atoms with Crippen LogP contribution < -0.4 is 0 Å². The molecule has 2 N–H and O–H groups in total. The molecule has 1 aliphatic carbocycles. The number of hydrogen-bond donors (Lipinski definition) is 2. The second kappa shape index (κ2) is 5.53. The molecular formula is C15H14N4O3. The van der Waals surface area contributed by atoms with E-state index in [-0.39, 0.29) is 17.5 Å². The Hall–Kier alpha value is -2.80. The number of carbonyl (C=O) groups is 1. The van der Waals surface area contributed by atoms with E-state index in [1.54, 1.807) is 6.08 Å². The number of tetrazole rings is 1. The van der Waals surface area contributed by atoms with Gasteiger partial charge in [0.2, 0.25) is 5.60 Å². The van der Waals surface area contributed by atoms with Crippen molar-refractivity contribution in [2.45, 2.75) is 11.5 Å². The van der Waals surface area contributed by atoms with E-state index in [4.69, 9.17) is 4.74 Å². The summed E-state index contributed by atoms with van der Waals surface area (Å²) >= 11 is 0. The Morgan fingerprint density at radius 3 is 2.73 bits per heavy atom. The molecular weight excluding hydrogens is 284 g/mol. The lowest BCUT2D eigenvalue weighted by atomic mass is 9.81. The number of carbonyl (C=O) groups excluding carboxylic acids is 1. The Labute approximate surface area is 126 Å². The minimum absolute atomic E-state index is 0.0759. The summed E-state index contributed by atoms with van der Waals surface area (Å²) in [6.45, 7) is 0. The maximum Gasteiger partial charge on any atom is 0.204 e. The van der Waals surface area contributed by atoms with Crippen LogP contribution in [0.2, 0.25) is 0 Å². The first-order chi connectivity index (χ1) is 10.7. The number of aliphatic hydroxyl groups excluding tert-OH is 1. The van der Waals surface area contributed by atoms with E-state index in [1.165, 1.54) is 13.2 Å². The number of nitrogens with zero attached hydrogens (tertiary/aromatic N) is 3. The molecule has 0 spiro atoms. The maximum atomic E-state index is 11.5. The van der Waals surface area contributed by atoms with Crippen LogP contribution in [0.5, 0.6) is 0 Å². The number of allylic oxidation sites excluding steroid dienone is 2. The SMILES string of the molecule is COC1(c2nnn[nH]2)C=C(C=O)C(c2ccccc2)C=C1O. The zero-order valence-corrected chi connectivity index (χ0v) is 11.8. The predicted molar refractivity (Wildman–Crippen MR) is 76.9 cm³/mol. The number of methoxy groups -OCH3 is 1. The second-order valence-electron chi connectivity index (χ2n) is 4.89. The normalized spacial score (nSPS) is 24.5. The molecule has 0 saturated heterocycles. The first-order valence-corrected chi connectivity index (χ1v) is 6.64. The topological polar surface area (TPSA) is 101 Å². The number of nitrogens with one attached hydrogen (secondary N) is 1. The van der Waals surface area contributed by atoms with Gasteiger partial charge in [-0.2, -0.15) is 0 Å². The fourth-order valence-electron chi connectivity index (χ4n) is 2.60. The highest BCUT2D eigenvalue weighted by Crippen LogP contribution is 2.41. The molecule has 7 nitrogen and oxygen atoms in total. The molecule has 0 bridgehead atoms. The van der Waals surface area contributed by atoms with Gasteiger partial charge in [-0.15, -0.1) is 5.10 Å². The number of H-pyrrole nitrogens is 1. The molecule has 7 heteroatoms. The van der Waals surface area contributed by atoms with Crippen LogP contribution in [0.4, 0.5) is 0 Å². The van der Waals surface area contributed by atoms with Crippen LogP contribution in [0.3, 0.4) is 0 Å². The van der Waals surface area contributed by atoms with Gasteiger partial charge >= 0.3 is 0 Å². The van der Waals surface area contributed by atoms with Crippen LogP contribution in [0.1, 0.15) is 17.3 Å². The lowest BCUT2D eigenvalue weighted by molar-refractivity contribution is -0.105. The molecule has 1 aromatic carbocycles. The van der Waals surface area contributed by atoms with Crippen molar-refractivity contribution in [2.24, 2.45) is 0 Å². The molecule has 0 radical (unpaired) electrons. The number of aromatic amines is 1. The highest BCUT2D eigenvalue weighted by molar-refractivity contribution is 5.78. The number of rotatable bonds is 4. The van der Waals surface area contributed by atoms with Crippen molar-refractivity contribution in [3.63, 3.8) is 0 Å². The molecule has 1 heterocycles. The molecule has 2 aromatic rings. The van der Waals surface area contributed by atoms with Crippen molar-refractivity contribution in [1.82, 2.24) is 20.6 Å². The minimum atomic E-state index is -1.38. The smallest absolute Gasteiger partial charge is 0.204 e. The highest BCUT2D eigenvalue weighted by Gasteiger charge is 2.43. The van der Waals surface area contributed by atoms with E-state index in [2.05, 4.69) is 20.6 Å². The third-order valence-electron chi connectivity index (χ3n) is 3.75. The fraction of sp³-hybridized carbons (Fsp3) is 0.200. The van der Waals surface area contributed by atoms with Crippen molar-refractivity contribution in [2.75, 3.05) is 7.11 Å². The standard InChI is InChI=1S/C15H14N4O3/c1-22-15(14-16-18-19-17-14)8-11(9-20)12(7-13(15)21)10-5-3-2-4-6-10/h2-9,12,21H,1H3,(H,16,17,18,19). The van der Waals surface area contributed by atoms with E-state index < -0.39 is 5.60 Å². The van der Waals surface area contributed by atoms with Crippen LogP contribution in [-0.4, -0.2) is 39.1 Å². The number of aromatic nitrogens is 4. The summed E-state index contributed by atoms with van der Waals surface area (Å²) in [5, 5.41) is 23.9. The second-order valence-corrected chi connectivity index (χ2v) is 4.89. The summed E-state index contributed by atoms with van der Waals surface area (Å²) < 4.78 is 5.42. The Balaban J connectivity index is 2.12. The van der Waals surface area contributed by atoms with Gasteiger partial charge in [-0.1, -0.05) is 30.3 Å². The number of aldehydes is 1. The molecule has 0 saturated carbocycles. The van der Waals surface area contributed by atoms with Crippen molar-refractivity contribution >= 4 is 6.29 Å². The summed E-state index contributed by atoms with van der Waals surface area (Å²) in [4.78, 5) is 11.5. The predicted octanol–water partition coefficient (Wildman–Crippen LogP) is 1.41. The zero-order chi connectivity index (χ0) is 15.6. The van der Waals surface area contributed by atoms with E-state index >= 15 is 0 Å². The van der Waals surface area contributed by atoms with Crippen molar-refractivity contribution in [3.8, 4) is 0 Å². The summed E-state index contributed by atoms with van der Waals surface area (Å²) in [7, 11) is 1.41. The van der Waals surface area contributed by atoms with Crippen LogP contribution in [-0.2, 0) is 15.1 Å². The molecule has 0 amide bonds. The molecule has 22 heavy (non-hydrogen) atoms. The Kier molecular flexibility index (Phi) is 3.56. The maximum absolute atomic E-state index is 11.5. The van der Waals surface area contributed by atoms with Crippen LogP contribution in [0, 0.1) is 0 Å². The molecule has 3 rings (SSSR count). The van der Waals surface area contributed by atoms with Crippen LogP contribution in [0.25, 0.3) is 0 Å². The van der Waals surface area contributed by atoms with Crippen molar-refractivity contribution in [3.05, 3.63) is 65.2 Å². The molecule has 1 aromatic heterocycles. The van der Waals surface area contributed by atoms with Gasteiger partial charge in [0.05, 0.1) is 0 Å². The van der Waals surface area contributed by atoms with E-state index in [9.17, 15) is 9.90 Å². The van der Waals surface area contributed by atoms with Gasteiger partial charge in [-0.3, -0.25) is 4.79 Å². The van der Waals surface area contributed by atoms with Crippen molar-refractivity contribution < 1.29 is 14.6 Å². The van der Waals surface area contributed by atoms with E-state index in [1.807, 2.05) is 30.3 Å². The largest absolute Gasteiger partial charge is 0.509 e. The number of benzene rings is 1. The minimum Gasteiger partial charge on any atom is -0.509 e. The third kappa shape index (κ3) is 2.11. The molecule has 1 aliphatic rings. The number of hydrogen-bond acceptors (Lipinski definition) is 6. The van der Waals surface area contributed by atoms with E-state index in [0.717, 1.165) is 11.8 Å². The van der Waals surface area contributed by atoms with Gasteiger partial charge in [0.25, 0.3) is 0 Å². The number of ether oxygens (including phenoxy) is 1. The Bertz CT molecular complexity index is 725. The third-order valence-corrected chi connectivity index (χ3v) is 3.75. The molecule has 2 unspecified atom stereocenters. The van der Waals surface area contributed by atoms with Crippen LogP contribution in [0.15, 0.2) is 53.8 Å². The van der Waals surface area contributed by atoms with Gasteiger partial charge in [-0.25, -0.2) is 5.10 Å². The van der Waals surface area contributed by atoms with Gasteiger partial charge in [0.15, 0.2) is 5.82 Å². The quantitative estimate of drug-likeness (QED) is 0.828. The zero-order valence-electron chi connectivity index (χ0n) is 11.8. The number of aliphatic hydroxyl groups is 1. The summed E-state index contributed by atoms with van der Waals surface area (Å²) in [5.74, 6) is -0.222. The lowest BCUT2D eigenvalue weighted by Gasteiger charge is -2.32. The van der Waals surface area contributed by atoms with Gasteiger partial charge < -0.3 is 9.84 Å². The first-order valence-electron chi connectivity index (χ1n) is 6.64. The highest BCUT2D eigenvalue weighted by atomic mass is 16.5. The molecule has 2 atom stereocenters. The molecule has 0 fully saturated rings. The average Bonchev–Trinajstić information content (AvgIpc) is 3.10. The van der Waals surface area contributed by atoms with Gasteiger partial charge in [0.1, 0.15) is 12.0 Å². The molecule has 112 valence electrons. The summed E-state index contributed by atoms with van der Waals surface area (Å²) in [6.07, 6.45) is 3.86. The van der Waals surface area contributed by atoms with Gasteiger partial charge in [-0.05, 0) is 28.1 Å². The van der Waals surface area contributed by atoms with E-state index in [0.29, 0.717) is 5.57 Å². The van der Waals surface area contributed by atoms with Crippen LogP contribution >= 0.6 is 0 Å². The summed E-state index contributed by atoms with van der Waals surface area (Å²) in [6, 6.07) is 9.42. The summed E-state index contributed by atoms with van der Waals surface area (Å²) in [5.41, 5.74) is -0.0274. The fourth-order valence-corrected chi connectivity index (χ4v) is 2.60. The van der Waals surface area contributed by atoms with Gasteiger partial charge in [0, 0.05) is 18.6 Å². The average molecular weight is 298 g/mol.